The Bertz CT molecular complexity index is 535. The average molecular weight is 368 g/mol. The van der Waals surface area contributed by atoms with Crippen LogP contribution >= 0.6 is 21.6 Å². The molecule has 0 bridgehead atoms. The van der Waals surface area contributed by atoms with Crippen LogP contribution in [0.25, 0.3) is 0 Å². The Hall–Kier alpha value is -1.13. The summed E-state index contributed by atoms with van der Waals surface area (Å²) in [5.41, 5.74) is 1.26. The van der Waals surface area contributed by atoms with Gasteiger partial charge in [0.15, 0.2) is 0 Å². The zero-order valence-corrected chi connectivity index (χ0v) is 16.1. The lowest BCUT2D eigenvalue weighted by Crippen LogP contribution is -2.28. The molecule has 0 heterocycles. The molecular formula is C18H25NO3S2. The zero-order valence-electron chi connectivity index (χ0n) is 14.5. The minimum absolute atomic E-state index is 0.0397. The van der Waals surface area contributed by atoms with Crippen molar-refractivity contribution in [2.75, 3.05) is 32.3 Å². The van der Waals surface area contributed by atoms with Crippen LogP contribution in [0.2, 0.25) is 0 Å². The van der Waals surface area contributed by atoms with Gasteiger partial charge < -0.3 is 14.8 Å². The van der Waals surface area contributed by atoms with Gasteiger partial charge in [-0.05, 0) is 19.1 Å². The van der Waals surface area contributed by atoms with Gasteiger partial charge in [0.2, 0.25) is 5.91 Å². The van der Waals surface area contributed by atoms with E-state index in [1.807, 2.05) is 13.8 Å². The van der Waals surface area contributed by atoms with E-state index in [2.05, 4.69) is 48.3 Å². The van der Waals surface area contributed by atoms with Crippen LogP contribution in [0.4, 0.5) is 0 Å². The fraction of sp³-hybridized carbons (Fsp3) is 0.500. The molecule has 0 unspecified atom stereocenters. The van der Waals surface area contributed by atoms with E-state index in [0.29, 0.717) is 31.6 Å². The summed E-state index contributed by atoms with van der Waals surface area (Å²) in [5.74, 6) is 6.62. The minimum atomic E-state index is -0.155. The maximum atomic E-state index is 11.5. The van der Waals surface area contributed by atoms with Crippen molar-refractivity contribution in [1.82, 2.24) is 5.32 Å². The lowest BCUT2D eigenvalue weighted by molar-refractivity contribution is -0.125. The van der Waals surface area contributed by atoms with Gasteiger partial charge in [-0.25, -0.2) is 0 Å². The van der Waals surface area contributed by atoms with E-state index < -0.39 is 0 Å². The first-order chi connectivity index (χ1) is 11.6. The number of hydrogen-bond acceptors (Lipinski definition) is 5. The average Bonchev–Trinajstić information content (AvgIpc) is 2.55. The van der Waals surface area contributed by atoms with E-state index >= 15 is 0 Å². The maximum absolute atomic E-state index is 11.5. The van der Waals surface area contributed by atoms with E-state index in [0.717, 1.165) is 0 Å². The first-order valence-corrected chi connectivity index (χ1v) is 10.2. The van der Waals surface area contributed by atoms with Gasteiger partial charge in [0.1, 0.15) is 12.5 Å². The minimum Gasteiger partial charge on any atom is -0.369 e. The van der Waals surface area contributed by atoms with Crippen LogP contribution in [0.5, 0.6) is 0 Å². The summed E-state index contributed by atoms with van der Waals surface area (Å²) < 4.78 is 10.7. The Kier molecular flexibility index (Phi) is 11.5. The summed E-state index contributed by atoms with van der Waals surface area (Å²) in [7, 11) is 3.32. The molecule has 24 heavy (non-hydrogen) atoms. The number of ether oxygens (including phenoxy) is 2. The molecule has 0 aliphatic heterocycles. The summed E-state index contributed by atoms with van der Waals surface area (Å²) in [4.78, 5) is 12.7. The number of hydrogen-bond donors (Lipinski definition) is 1. The highest BCUT2D eigenvalue weighted by atomic mass is 33.1. The number of aryl methyl sites for hydroxylation is 1. The molecule has 0 saturated heterocycles. The van der Waals surface area contributed by atoms with Crippen molar-refractivity contribution < 1.29 is 14.3 Å². The number of amides is 1. The first kappa shape index (κ1) is 20.9. The van der Waals surface area contributed by atoms with Gasteiger partial charge in [-0.1, -0.05) is 65.0 Å². The molecule has 0 fully saturated rings. The monoisotopic (exact) mass is 367 g/mol. The smallest absolute Gasteiger partial charge is 0.246 e. The van der Waals surface area contributed by atoms with Crippen molar-refractivity contribution >= 4 is 27.5 Å². The van der Waals surface area contributed by atoms with Gasteiger partial charge in [0.05, 0.1) is 19.8 Å². The quantitative estimate of drug-likeness (QED) is 0.297. The number of carbonyl (C=O) groups is 1. The third-order valence-electron chi connectivity index (χ3n) is 2.68. The summed E-state index contributed by atoms with van der Waals surface area (Å²) in [6.45, 7) is 7.37. The van der Waals surface area contributed by atoms with Gasteiger partial charge in [0, 0.05) is 10.8 Å². The summed E-state index contributed by atoms with van der Waals surface area (Å²) >= 11 is 0. The standard InChI is InChI=1S/C18H25NO3S2/c1-15(2)5-4-10-19-18(20)13-21-11-12-22-14-23-24-17-8-6-16(3)7-9-17/h6-9,15H,10-14H2,1-3H3,(H,19,20). The van der Waals surface area contributed by atoms with Gasteiger partial charge >= 0.3 is 0 Å². The Labute approximate surface area is 152 Å². The molecule has 0 aromatic heterocycles. The van der Waals surface area contributed by atoms with Crippen molar-refractivity contribution in [3.63, 3.8) is 0 Å². The summed E-state index contributed by atoms with van der Waals surface area (Å²) in [6.07, 6.45) is 0. The number of rotatable bonds is 10. The van der Waals surface area contributed by atoms with Gasteiger partial charge in [-0.3, -0.25) is 4.79 Å². The predicted molar refractivity (Wildman–Crippen MR) is 102 cm³/mol. The largest absolute Gasteiger partial charge is 0.369 e. The highest BCUT2D eigenvalue weighted by Gasteiger charge is 1.99. The molecule has 6 heteroatoms. The van der Waals surface area contributed by atoms with Crippen molar-refractivity contribution in [2.45, 2.75) is 25.7 Å². The van der Waals surface area contributed by atoms with Gasteiger partial charge in [-0.15, -0.1) is 0 Å². The van der Waals surface area contributed by atoms with Crippen LogP contribution in [0.15, 0.2) is 29.2 Å². The molecule has 0 radical (unpaired) electrons. The Balaban J connectivity index is 1.92. The molecule has 1 amide bonds. The lowest BCUT2D eigenvalue weighted by atomic mass is 10.2. The van der Waals surface area contributed by atoms with Crippen LogP contribution in [0.1, 0.15) is 19.4 Å². The molecule has 1 aromatic rings. The van der Waals surface area contributed by atoms with Crippen LogP contribution in [-0.2, 0) is 14.3 Å². The first-order valence-electron chi connectivity index (χ1n) is 7.84. The Morgan fingerprint density at radius 1 is 1.21 bits per heavy atom. The van der Waals surface area contributed by atoms with E-state index in [-0.39, 0.29) is 12.5 Å². The third kappa shape index (κ3) is 11.4. The van der Waals surface area contributed by atoms with E-state index in [1.54, 1.807) is 21.6 Å². The van der Waals surface area contributed by atoms with Crippen molar-refractivity contribution in [1.29, 1.82) is 0 Å². The molecule has 132 valence electrons. The van der Waals surface area contributed by atoms with Crippen LogP contribution in [-0.4, -0.2) is 38.2 Å². The second kappa shape index (κ2) is 13.2. The molecule has 0 aliphatic carbocycles. The van der Waals surface area contributed by atoms with Gasteiger partial charge in [-0.2, -0.15) is 0 Å². The molecule has 4 nitrogen and oxygen atoms in total. The molecule has 0 aliphatic rings. The van der Waals surface area contributed by atoms with E-state index in [1.165, 1.54) is 10.5 Å². The number of carbonyl (C=O) groups excluding carboxylic acids is 1. The zero-order chi connectivity index (χ0) is 17.6. The molecule has 1 aromatic carbocycles. The number of benzene rings is 1. The van der Waals surface area contributed by atoms with E-state index in [9.17, 15) is 4.79 Å². The summed E-state index contributed by atoms with van der Waals surface area (Å²) in [6, 6.07) is 8.38. The fourth-order valence-corrected chi connectivity index (χ4v) is 3.22. The van der Waals surface area contributed by atoms with Gasteiger partial charge in [0.25, 0.3) is 0 Å². The molecule has 0 atom stereocenters. The lowest BCUT2D eigenvalue weighted by Gasteiger charge is -2.05. The second-order valence-corrected chi connectivity index (χ2v) is 7.66. The molecule has 1 rings (SSSR count). The predicted octanol–water partition coefficient (Wildman–Crippen LogP) is 3.50. The van der Waals surface area contributed by atoms with Crippen molar-refractivity contribution in [3.05, 3.63) is 29.8 Å². The summed E-state index contributed by atoms with van der Waals surface area (Å²) in [5, 5.41) is 2.69. The molecule has 1 N–H and O–H groups in total. The van der Waals surface area contributed by atoms with Crippen LogP contribution in [0.3, 0.4) is 0 Å². The number of nitrogens with one attached hydrogen (secondary N) is 1. The van der Waals surface area contributed by atoms with E-state index in [4.69, 9.17) is 9.47 Å². The Morgan fingerprint density at radius 3 is 2.62 bits per heavy atom. The maximum Gasteiger partial charge on any atom is 0.246 e. The Morgan fingerprint density at radius 2 is 1.92 bits per heavy atom. The fourth-order valence-electron chi connectivity index (χ4n) is 1.51. The molecule has 0 saturated carbocycles. The highest BCUT2D eigenvalue weighted by Crippen LogP contribution is 2.30. The van der Waals surface area contributed by atoms with Crippen molar-refractivity contribution in [3.8, 4) is 11.8 Å². The molecular weight excluding hydrogens is 342 g/mol. The SMILES string of the molecule is Cc1ccc(SSCOCCOCC(=O)NCC#CC(C)C)cc1. The second-order valence-electron chi connectivity index (χ2n) is 5.35. The van der Waals surface area contributed by atoms with Crippen molar-refractivity contribution in [2.24, 2.45) is 5.92 Å². The molecule has 0 spiro atoms. The topological polar surface area (TPSA) is 47.6 Å². The normalized spacial score (nSPS) is 10.3. The van der Waals surface area contributed by atoms with Crippen LogP contribution in [0, 0.1) is 24.7 Å². The highest BCUT2D eigenvalue weighted by molar-refractivity contribution is 8.76. The van der Waals surface area contributed by atoms with Crippen LogP contribution < -0.4 is 5.32 Å². The third-order valence-corrected chi connectivity index (χ3v) is 4.74.